The predicted octanol–water partition coefficient (Wildman–Crippen LogP) is 1.63. The molecule has 0 bridgehead atoms. The molecular weight excluding hydrogens is 230 g/mol. The number of rotatable bonds is 4. The molecule has 0 spiro atoms. The number of anilines is 1. The number of carbonyl (C=O) groups excluding carboxylic acids is 1. The van der Waals surface area contributed by atoms with Crippen LogP contribution in [-0.2, 0) is 9.53 Å². The van der Waals surface area contributed by atoms with Gasteiger partial charge in [0.05, 0.1) is 12.1 Å². The van der Waals surface area contributed by atoms with E-state index < -0.39 is 0 Å². The maximum atomic E-state index is 11.4. The second-order valence-electron chi connectivity index (χ2n) is 3.89. The smallest absolute Gasteiger partial charge is 0.325 e. The van der Waals surface area contributed by atoms with Crippen molar-refractivity contribution in [2.24, 2.45) is 0 Å². The van der Waals surface area contributed by atoms with E-state index >= 15 is 0 Å². The number of para-hydroxylation sites is 1. The van der Waals surface area contributed by atoms with Gasteiger partial charge in [0.1, 0.15) is 6.54 Å². The fourth-order valence-corrected chi connectivity index (χ4v) is 1.62. The van der Waals surface area contributed by atoms with Gasteiger partial charge in [0, 0.05) is 18.6 Å². The van der Waals surface area contributed by atoms with Crippen LogP contribution in [0.15, 0.2) is 30.5 Å². The lowest BCUT2D eigenvalue weighted by Crippen LogP contribution is -2.28. The van der Waals surface area contributed by atoms with Gasteiger partial charge in [-0.15, -0.1) is 0 Å². The van der Waals surface area contributed by atoms with Crippen molar-refractivity contribution in [3.05, 3.63) is 30.5 Å². The normalized spacial score (nSPS) is 10.3. The molecule has 0 fully saturated rings. The third-order valence-corrected chi connectivity index (χ3v) is 2.49. The fourth-order valence-electron chi connectivity index (χ4n) is 1.62. The zero-order chi connectivity index (χ0) is 13.0. The number of likely N-dealkylation sites (N-methyl/N-ethyl adjacent to an activating group) is 1. The van der Waals surface area contributed by atoms with Gasteiger partial charge in [-0.2, -0.15) is 0 Å². The molecule has 5 nitrogen and oxygen atoms in total. The molecule has 1 aromatic heterocycles. The van der Waals surface area contributed by atoms with Crippen molar-refractivity contribution in [2.75, 3.05) is 25.1 Å². The second kappa shape index (κ2) is 5.44. The molecule has 2 rings (SSSR count). The third-order valence-electron chi connectivity index (χ3n) is 2.49. The number of hydrogen-bond acceptors (Lipinski definition) is 5. The summed E-state index contributed by atoms with van der Waals surface area (Å²) < 4.78 is 4.89. The van der Waals surface area contributed by atoms with E-state index in [4.69, 9.17) is 4.74 Å². The highest BCUT2D eigenvalue weighted by atomic mass is 16.5. The lowest BCUT2D eigenvalue weighted by molar-refractivity contribution is -0.141. The molecule has 0 saturated heterocycles. The molecule has 0 saturated carbocycles. The van der Waals surface area contributed by atoms with Gasteiger partial charge >= 0.3 is 5.97 Å². The Morgan fingerprint density at radius 3 is 2.94 bits per heavy atom. The average molecular weight is 245 g/mol. The maximum absolute atomic E-state index is 11.4. The molecule has 18 heavy (non-hydrogen) atoms. The Balaban J connectivity index is 2.17. The van der Waals surface area contributed by atoms with Gasteiger partial charge in [-0.25, -0.2) is 9.97 Å². The van der Waals surface area contributed by atoms with Crippen LogP contribution < -0.4 is 4.90 Å². The van der Waals surface area contributed by atoms with Crippen molar-refractivity contribution in [2.45, 2.75) is 6.92 Å². The van der Waals surface area contributed by atoms with Crippen LogP contribution in [0.4, 0.5) is 5.95 Å². The minimum atomic E-state index is -0.281. The number of esters is 1. The largest absolute Gasteiger partial charge is 0.465 e. The lowest BCUT2D eigenvalue weighted by Gasteiger charge is -2.15. The molecular formula is C13H15N3O2. The Bertz CT molecular complexity index is 557. The first-order valence-electron chi connectivity index (χ1n) is 5.79. The van der Waals surface area contributed by atoms with Crippen molar-refractivity contribution in [3.8, 4) is 0 Å². The maximum Gasteiger partial charge on any atom is 0.325 e. The molecule has 0 amide bonds. The van der Waals surface area contributed by atoms with Crippen LogP contribution in [0.3, 0.4) is 0 Å². The number of benzene rings is 1. The molecule has 0 aliphatic heterocycles. The number of nitrogens with zero attached hydrogens (tertiary/aromatic N) is 3. The van der Waals surface area contributed by atoms with Crippen molar-refractivity contribution >= 4 is 22.8 Å². The summed E-state index contributed by atoms with van der Waals surface area (Å²) in [6.07, 6.45) is 1.75. The third kappa shape index (κ3) is 2.74. The molecule has 0 radical (unpaired) electrons. The van der Waals surface area contributed by atoms with E-state index in [0.717, 1.165) is 10.9 Å². The average Bonchev–Trinajstić information content (AvgIpc) is 2.38. The zero-order valence-corrected chi connectivity index (χ0v) is 10.5. The van der Waals surface area contributed by atoms with Crippen LogP contribution in [0, 0.1) is 0 Å². The fraction of sp³-hybridized carbons (Fsp3) is 0.308. The quantitative estimate of drug-likeness (QED) is 0.766. The second-order valence-corrected chi connectivity index (χ2v) is 3.89. The van der Waals surface area contributed by atoms with E-state index in [1.54, 1.807) is 25.1 Å². The minimum absolute atomic E-state index is 0.145. The first-order valence-corrected chi connectivity index (χ1v) is 5.79. The Labute approximate surface area is 105 Å². The Morgan fingerprint density at radius 2 is 2.17 bits per heavy atom. The zero-order valence-electron chi connectivity index (χ0n) is 10.5. The van der Waals surface area contributed by atoms with Gasteiger partial charge in [0.25, 0.3) is 0 Å². The molecule has 2 aromatic rings. The Kier molecular flexibility index (Phi) is 3.72. The topological polar surface area (TPSA) is 55.3 Å². The summed E-state index contributed by atoms with van der Waals surface area (Å²) in [6, 6.07) is 7.72. The van der Waals surface area contributed by atoms with E-state index in [1.165, 1.54) is 0 Å². The molecule has 0 unspecified atom stereocenters. The molecule has 0 N–H and O–H groups in total. The van der Waals surface area contributed by atoms with Crippen LogP contribution >= 0.6 is 0 Å². The standard InChI is InChI=1S/C13H15N3O2/c1-3-18-12(17)9-16(2)13-14-8-10-6-4-5-7-11(10)15-13/h4-8H,3,9H2,1-2H3. The molecule has 0 atom stereocenters. The van der Waals surface area contributed by atoms with Crippen molar-refractivity contribution in [3.63, 3.8) is 0 Å². The summed E-state index contributed by atoms with van der Waals surface area (Å²) in [5.74, 6) is 0.235. The van der Waals surface area contributed by atoms with Crippen LogP contribution in [0.25, 0.3) is 10.9 Å². The van der Waals surface area contributed by atoms with E-state index in [-0.39, 0.29) is 12.5 Å². The molecule has 94 valence electrons. The molecule has 0 aliphatic carbocycles. The summed E-state index contributed by atoms with van der Waals surface area (Å²) in [5, 5.41) is 0.978. The lowest BCUT2D eigenvalue weighted by atomic mass is 10.2. The molecule has 0 aliphatic rings. The molecule has 1 aromatic carbocycles. The van der Waals surface area contributed by atoms with Crippen LogP contribution in [0.2, 0.25) is 0 Å². The van der Waals surface area contributed by atoms with E-state index in [1.807, 2.05) is 24.3 Å². The van der Waals surface area contributed by atoms with Gasteiger partial charge in [-0.1, -0.05) is 18.2 Å². The van der Waals surface area contributed by atoms with Crippen LogP contribution in [0.1, 0.15) is 6.92 Å². The monoisotopic (exact) mass is 245 g/mol. The van der Waals surface area contributed by atoms with E-state index in [2.05, 4.69) is 9.97 Å². The van der Waals surface area contributed by atoms with Gasteiger partial charge in [0.15, 0.2) is 0 Å². The summed E-state index contributed by atoms with van der Waals surface area (Å²) in [6.45, 7) is 2.31. The molecule has 1 heterocycles. The SMILES string of the molecule is CCOC(=O)CN(C)c1ncc2ccccc2n1. The summed E-state index contributed by atoms with van der Waals surface area (Å²) in [5.41, 5.74) is 0.859. The van der Waals surface area contributed by atoms with Crippen molar-refractivity contribution in [1.82, 2.24) is 9.97 Å². The predicted molar refractivity (Wildman–Crippen MR) is 69.4 cm³/mol. The van der Waals surface area contributed by atoms with Crippen LogP contribution in [-0.4, -0.2) is 36.1 Å². The van der Waals surface area contributed by atoms with Gasteiger partial charge < -0.3 is 9.64 Å². The van der Waals surface area contributed by atoms with E-state index in [9.17, 15) is 4.79 Å². The number of ether oxygens (including phenoxy) is 1. The van der Waals surface area contributed by atoms with Crippen LogP contribution in [0.5, 0.6) is 0 Å². The highest BCUT2D eigenvalue weighted by molar-refractivity contribution is 5.79. The number of fused-ring (bicyclic) bond motifs is 1. The molecule has 5 heteroatoms. The number of hydrogen-bond donors (Lipinski definition) is 0. The number of carbonyl (C=O) groups is 1. The summed E-state index contributed by atoms with van der Waals surface area (Å²) in [4.78, 5) is 21.7. The van der Waals surface area contributed by atoms with Gasteiger partial charge in [0.2, 0.25) is 5.95 Å². The number of aromatic nitrogens is 2. The first-order chi connectivity index (χ1) is 8.70. The first kappa shape index (κ1) is 12.3. The summed E-state index contributed by atoms with van der Waals surface area (Å²) >= 11 is 0. The van der Waals surface area contributed by atoms with E-state index in [0.29, 0.717) is 12.6 Å². The highest BCUT2D eigenvalue weighted by Gasteiger charge is 2.10. The van der Waals surface area contributed by atoms with Crippen molar-refractivity contribution in [1.29, 1.82) is 0 Å². The van der Waals surface area contributed by atoms with Gasteiger partial charge in [-0.3, -0.25) is 4.79 Å². The van der Waals surface area contributed by atoms with Crippen molar-refractivity contribution < 1.29 is 9.53 Å². The van der Waals surface area contributed by atoms with Gasteiger partial charge in [-0.05, 0) is 13.0 Å². The minimum Gasteiger partial charge on any atom is -0.465 e. The Hall–Kier alpha value is -2.17. The highest BCUT2D eigenvalue weighted by Crippen LogP contribution is 2.13. The summed E-state index contributed by atoms with van der Waals surface area (Å²) in [7, 11) is 1.76. The Morgan fingerprint density at radius 1 is 1.39 bits per heavy atom.